The molecule has 0 aromatic carbocycles. The van der Waals surface area contributed by atoms with Gasteiger partial charge in [-0.3, -0.25) is 4.79 Å². The number of urea groups is 1. The lowest BCUT2D eigenvalue weighted by Gasteiger charge is -2.57. The summed E-state index contributed by atoms with van der Waals surface area (Å²) >= 11 is 0. The summed E-state index contributed by atoms with van der Waals surface area (Å²) in [4.78, 5) is 32.3. The third kappa shape index (κ3) is 5.36. The number of likely N-dealkylation sites (tertiary alicyclic amines) is 2. The van der Waals surface area contributed by atoms with Crippen molar-refractivity contribution in [1.29, 1.82) is 0 Å². The van der Waals surface area contributed by atoms with Crippen molar-refractivity contribution in [2.24, 2.45) is 23.7 Å². The van der Waals surface area contributed by atoms with E-state index < -0.39 is 0 Å². The van der Waals surface area contributed by atoms with Gasteiger partial charge in [-0.2, -0.15) is 0 Å². The molecule has 0 atom stereocenters. The SMILES string of the molecule is CC(=O)N1CCC(N(CCCN2CCC(C)CC2)C(=O)NC23CC4CC(CC(C4)C2)C3)CC1. The molecule has 4 bridgehead atoms. The molecule has 4 aliphatic carbocycles. The van der Waals surface area contributed by atoms with Crippen molar-refractivity contribution in [3.05, 3.63) is 0 Å². The number of hydrogen-bond donors (Lipinski definition) is 1. The van der Waals surface area contributed by atoms with Gasteiger partial charge in [0.15, 0.2) is 0 Å². The van der Waals surface area contributed by atoms with E-state index in [1.165, 1.54) is 64.5 Å². The van der Waals surface area contributed by atoms with E-state index in [0.717, 1.165) is 69.1 Å². The molecule has 33 heavy (non-hydrogen) atoms. The summed E-state index contributed by atoms with van der Waals surface area (Å²) in [7, 11) is 0. The molecule has 0 spiro atoms. The predicted octanol–water partition coefficient (Wildman–Crippen LogP) is 4.10. The standard InChI is InChI=1S/C27H46N4O2/c1-20-4-10-29(11-5-20)8-3-9-31(25-6-12-30(13-7-25)21(2)32)26(33)28-27-17-22-14-23(18-27)16-24(15-22)19-27/h20,22-25H,3-19H2,1-2H3,(H,28,33). The van der Waals surface area contributed by atoms with Crippen molar-refractivity contribution in [2.45, 2.75) is 96.1 Å². The molecule has 2 aliphatic heterocycles. The van der Waals surface area contributed by atoms with Gasteiger partial charge in [0.05, 0.1) is 0 Å². The van der Waals surface area contributed by atoms with E-state index in [4.69, 9.17) is 0 Å². The first-order valence-electron chi connectivity index (χ1n) is 14.0. The van der Waals surface area contributed by atoms with Crippen LogP contribution in [0.1, 0.15) is 84.5 Å². The zero-order chi connectivity index (χ0) is 23.0. The highest BCUT2D eigenvalue weighted by Gasteiger charge is 2.52. The van der Waals surface area contributed by atoms with E-state index in [1.54, 1.807) is 6.92 Å². The van der Waals surface area contributed by atoms with Gasteiger partial charge in [0, 0.05) is 38.1 Å². The maximum Gasteiger partial charge on any atom is 0.318 e. The molecule has 0 aromatic heterocycles. The molecule has 1 N–H and O–H groups in total. The van der Waals surface area contributed by atoms with Gasteiger partial charge in [0.2, 0.25) is 5.91 Å². The topological polar surface area (TPSA) is 55.9 Å². The van der Waals surface area contributed by atoms with Crippen LogP contribution in [0.25, 0.3) is 0 Å². The second kappa shape index (κ2) is 9.75. The van der Waals surface area contributed by atoms with Crippen LogP contribution in [0.5, 0.6) is 0 Å². The van der Waals surface area contributed by atoms with E-state index in [1.807, 2.05) is 4.90 Å². The fraction of sp³-hybridized carbons (Fsp3) is 0.926. The van der Waals surface area contributed by atoms with E-state index in [9.17, 15) is 9.59 Å². The molecule has 0 unspecified atom stereocenters. The van der Waals surface area contributed by atoms with Crippen molar-refractivity contribution >= 4 is 11.9 Å². The highest BCUT2D eigenvalue weighted by atomic mass is 16.2. The summed E-state index contributed by atoms with van der Waals surface area (Å²) in [5.41, 5.74) is 0.0627. The van der Waals surface area contributed by atoms with E-state index in [0.29, 0.717) is 0 Å². The Hall–Kier alpha value is -1.30. The fourth-order valence-corrected chi connectivity index (χ4v) is 8.26. The second-order valence-corrected chi connectivity index (χ2v) is 12.4. The molecule has 6 heteroatoms. The Morgan fingerprint density at radius 2 is 1.48 bits per heavy atom. The van der Waals surface area contributed by atoms with Crippen LogP contribution in [0.3, 0.4) is 0 Å². The van der Waals surface area contributed by atoms with Crippen LogP contribution in [-0.4, -0.2) is 77.5 Å². The molecule has 6 nitrogen and oxygen atoms in total. The Morgan fingerprint density at radius 3 is 2.03 bits per heavy atom. The number of carbonyl (C=O) groups excluding carboxylic acids is 2. The average Bonchev–Trinajstić information content (AvgIpc) is 2.77. The molecular weight excluding hydrogens is 412 g/mol. The zero-order valence-corrected chi connectivity index (χ0v) is 21.1. The van der Waals surface area contributed by atoms with Gasteiger partial charge >= 0.3 is 6.03 Å². The van der Waals surface area contributed by atoms with Crippen LogP contribution < -0.4 is 5.32 Å². The van der Waals surface area contributed by atoms with Crippen LogP contribution in [0.15, 0.2) is 0 Å². The molecular formula is C27H46N4O2. The molecule has 6 fully saturated rings. The number of rotatable bonds is 6. The highest BCUT2D eigenvalue weighted by molar-refractivity contribution is 5.76. The van der Waals surface area contributed by atoms with Gasteiger partial charge in [-0.15, -0.1) is 0 Å². The summed E-state index contributed by atoms with van der Waals surface area (Å²) in [6, 6.07) is 0.446. The van der Waals surface area contributed by atoms with E-state index >= 15 is 0 Å². The largest absolute Gasteiger partial charge is 0.343 e. The summed E-state index contributed by atoms with van der Waals surface area (Å²) in [5, 5.41) is 3.64. The quantitative estimate of drug-likeness (QED) is 0.652. The summed E-state index contributed by atoms with van der Waals surface area (Å²) in [6.45, 7) is 9.94. The molecule has 3 amide bonds. The van der Waals surface area contributed by atoms with E-state index in [2.05, 4.69) is 22.0 Å². The van der Waals surface area contributed by atoms with Crippen molar-refractivity contribution in [3.8, 4) is 0 Å². The van der Waals surface area contributed by atoms with Crippen molar-refractivity contribution in [2.75, 3.05) is 39.3 Å². The molecule has 6 aliphatic rings. The Balaban J connectivity index is 1.21. The zero-order valence-electron chi connectivity index (χ0n) is 21.1. The Labute approximate surface area is 200 Å². The average molecular weight is 459 g/mol. The number of hydrogen-bond acceptors (Lipinski definition) is 3. The Bertz CT molecular complexity index is 674. The molecule has 0 aromatic rings. The third-order valence-electron chi connectivity index (χ3n) is 9.77. The number of piperidine rings is 2. The maximum absolute atomic E-state index is 13.8. The molecule has 186 valence electrons. The van der Waals surface area contributed by atoms with Crippen LogP contribution in [0.4, 0.5) is 4.79 Å². The van der Waals surface area contributed by atoms with Gasteiger partial charge in [0.25, 0.3) is 0 Å². The minimum Gasteiger partial charge on any atom is -0.343 e. The molecule has 2 saturated heterocycles. The summed E-state index contributed by atoms with van der Waals surface area (Å²) < 4.78 is 0. The van der Waals surface area contributed by atoms with Gasteiger partial charge in [-0.25, -0.2) is 4.79 Å². The number of amides is 3. The first kappa shape index (κ1) is 23.4. The number of carbonyl (C=O) groups is 2. The smallest absolute Gasteiger partial charge is 0.318 e. The summed E-state index contributed by atoms with van der Waals surface area (Å²) in [6.07, 6.45) is 13.3. The monoisotopic (exact) mass is 458 g/mol. The maximum atomic E-state index is 13.8. The number of nitrogens with zero attached hydrogens (tertiary/aromatic N) is 3. The fourth-order valence-electron chi connectivity index (χ4n) is 8.26. The predicted molar refractivity (Wildman–Crippen MR) is 131 cm³/mol. The summed E-state index contributed by atoms with van der Waals surface area (Å²) in [5.74, 6) is 3.54. The van der Waals surface area contributed by atoms with Gasteiger partial charge in [-0.1, -0.05) is 6.92 Å². The minimum absolute atomic E-state index is 0.0627. The Morgan fingerprint density at radius 1 is 0.909 bits per heavy atom. The lowest BCUT2D eigenvalue weighted by molar-refractivity contribution is -0.130. The molecule has 4 saturated carbocycles. The lowest BCUT2D eigenvalue weighted by atomic mass is 9.53. The van der Waals surface area contributed by atoms with Crippen LogP contribution in [-0.2, 0) is 4.79 Å². The normalized spacial score (nSPS) is 35.1. The van der Waals surface area contributed by atoms with Gasteiger partial charge in [0.1, 0.15) is 0 Å². The Kier molecular flexibility index (Phi) is 6.93. The first-order chi connectivity index (χ1) is 15.9. The van der Waals surface area contributed by atoms with Crippen LogP contribution in [0.2, 0.25) is 0 Å². The van der Waals surface area contributed by atoms with E-state index in [-0.39, 0.29) is 23.5 Å². The van der Waals surface area contributed by atoms with Gasteiger partial charge in [-0.05, 0) is 114 Å². The van der Waals surface area contributed by atoms with Crippen LogP contribution >= 0.6 is 0 Å². The number of nitrogens with one attached hydrogen (secondary N) is 1. The van der Waals surface area contributed by atoms with Crippen molar-refractivity contribution < 1.29 is 9.59 Å². The minimum atomic E-state index is 0.0627. The van der Waals surface area contributed by atoms with Crippen LogP contribution in [0, 0.1) is 23.7 Å². The molecule has 6 rings (SSSR count). The van der Waals surface area contributed by atoms with Crippen molar-refractivity contribution in [1.82, 2.24) is 20.0 Å². The first-order valence-corrected chi connectivity index (χ1v) is 14.0. The second-order valence-electron chi connectivity index (χ2n) is 12.4. The molecule has 2 heterocycles. The molecule has 0 radical (unpaired) electrons. The lowest BCUT2D eigenvalue weighted by Crippen LogP contribution is -2.63. The highest BCUT2D eigenvalue weighted by Crippen LogP contribution is 2.55. The third-order valence-corrected chi connectivity index (χ3v) is 9.77. The van der Waals surface area contributed by atoms with Gasteiger partial charge < -0.3 is 20.0 Å². The van der Waals surface area contributed by atoms with Crippen molar-refractivity contribution in [3.63, 3.8) is 0 Å².